The van der Waals surface area contributed by atoms with Crippen molar-refractivity contribution >= 4 is 5.91 Å². The number of nitrogens with zero attached hydrogens (tertiary/aromatic N) is 2. The van der Waals surface area contributed by atoms with Crippen LogP contribution < -0.4 is 0 Å². The van der Waals surface area contributed by atoms with E-state index < -0.39 is 0 Å². The van der Waals surface area contributed by atoms with Crippen molar-refractivity contribution in [2.45, 2.75) is 39.2 Å². The SMILES string of the molecule is Cc1[nH]nc2c1C(c1ccc(C(C)(C)C)cc1)N(C)C2=O. The summed E-state index contributed by atoms with van der Waals surface area (Å²) in [5, 5.41) is 7.07. The van der Waals surface area contributed by atoms with Gasteiger partial charge >= 0.3 is 0 Å². The number of hydrogen-bond donors (Lipinski definition) is 1. The second-order valence-corrected chi connectivity index (χ2v) is 6.80. The van der Waals surface area contributed by atoms with Gasteiger partial charge in [-0.05, 0) is 23.5 Å². The molecule has 1 amide bonds. The van der Waals surface area contributed by atoms with Gasteiger partial charge in [-0.1, -0.05) is 45.0 Å². The van der Waals surface area contributed by atoms with Crippen molar-refractivity contribution in [1.82, 2.24) is 15.1 Å². The maximum Gasteiger partial charge on any atom is 0.275 e. The van der Waals surface area contributed by atoms with Gasteiger partial charge in [-0.2, -0.15) is 5.10 Å². The predicted molar refractivity (Wildman–Crippen MR) is 82.4 cm³/mol. The summed E-state index contributed by atoms with van der Waals surface area (Å²) in [5.41, 5.74) is 5.08. The highest BCUT2D eigenvalue weighted by atomic mass is 16.2. The van der Waals surface area contributed by atoms with Crippen LogP contribution >= 0.6 is 0 Å². The molecule has 21 heavy (non-hydrogen) atoms. The van der Waals surface area contributed by atoms with Crippen molar-refractivity contribution in [2.24, 2.45) is 0 Å². The highest BCUT2D eigenvalue weighted by Crippen LogP contribution is 2.38. The summed E-state index contributed by atoms with van der Waals surface area (Å²) in [4.78, 5) is 14.0. The van der Waals surface area contributed by atoms with Crippen molar-refractivity contribution in [3.8, 4) is 0 Å². The van der Waals surface area contributed by atoms with Crippen molar-refractivity contribution in [3.05, 3.63) is 52.3 Å². The van der Waals surface area contributed by atoms with Gasteiger partial charge in [0, 0.05) is 18.3 Å². The topological polar surface area (TPSA) is 49.0 Å². The van der Waals surface area contributed by atoms with E-state index in [9.17, 15) is 4.79 Å². The van der Waals surface area contributed by atoms with Crippen molar-refractivity contribution in [1.29, 1.82) is 0 Å². The van der Waals surface area contributed by atoms with Gasteiger partial charge in [0.1, 0.15) is 0 Å². The Morgan fingerprint density at radius 1 is 1.19 bits per heavy atom. The summed E-state index contributed by atoms with van der Waals surface area (Å²) in [6.07, 6.45) is 0. The smallest absolute Gasteiger partial charge is 0.275 e. The number of aromatic nitrogens is 2. The zero-order valence-corrected chi connectivity index (χ0v) is 13.2. The van der Waals surface area contributed by atoms with Gasteiger partial charge in [0.2, 0.25) is 0 Å². The largest absolute Gasteiger partial charge is 0.329 e. The summed E-state index contributed by atoms with van der Waals surface area (Å²) in [5.74, 6) is -0.0146. The molecule has 1 N–H and O–H groups in total. The van der Waals surface area contributed by atoms with Crippen LogP contribution in [0.5, 0.6) is 0 Å². The highest BCUT2D eigenvalue weighted by molar-refractivity contribution is 5.98. The second-order valence-electron chi connectivity index (χ2n) is 6.80. The summed E-state index contributed by atoms with van der Waals surface area (Å²) in [6.45, 7) is 8.57. The van der Waals surface area contributed by atoms with Crippen LogP contribution in [0, 0.1) is 6.92 Å². The average molecular weight is 283 g/mol. The molecule has 4 nitrogen and oxygen atoms in total. The number of H-pyrrole nitrogens is 1. The van der Waals surface area contributed by atoms with Gasteiger partial charge in [0.05, 0.1) is 6.04 Å². The zero-order valence-electron chi connectivity index (χ0n) is 13.2. The molecule has 1 unspecified atom stereocenters. The molecule has 1 aromatic carbocycles. The maximum absolute atomic E-state index is 12.3. The lowest BCUT2D eigenvalue weighted by atomic mass is 9.86. The molecule has 0 saturated heterocycles. The molecule has 0 fully saturated rings. The molecular formula is C17H21N3O. The molecule has 0 saturated carbocycles. The minimum absolute atomic E-state index is 0.0146. The Kier molecular flexibility index (Phi) is 2.94. The second kappa shape index (κ2) is 4.45. The molecule has 4 heteroatoms. The van der Waals surface area contributed by atoms with E-state index in [2.05, 4.69) is 55.2 Å². The number of fused-ring (bicyclic) bond motifs is 1. The lowest BCUT2D eigenvalue weighted by molar-refractivity contribution is 0.0787. The van der Waals surface area contributed by atoms with E-state index in [0.29, 0.717) is 5.69 Å². The molecule has 1 aromatic heterocycles. The fourth-order valence-electron chi connectivity index (χ4n) is 2.97. The van der Waals surface area contributed by atoms with Crippen LogP contribution in [0.4, 0.5) is 0 Å². The van der Waals surface area contributed by atoms with E-state index in [0.717, 1.165) is 16.8 Å². The quantitative estimate of drug-likeness (QED) is 0.873. The summed E-state index contributed by atoms with van der Waals surface area (Å²) >= 11 is 0. The highest BCUT2D eigenvalue weighted by Gasteiger charge is 2.39. The predicted octanol–water partition coefficient (Wildman–Crippen LogP) is 3.19. The fourth-order valence-corrected chi connectivity index (χ4v) is 2.97. The number of hydrogen-bond acceptors (Lipinski definition) is 2. The first kappa shape index (κ1) is 13.9. The summed E-state index contributed by atoms with van der Waals surface area (Å²) in [7, 11) is 1.84. The third-order valence-corrected chi connectivity index (χ3v) is 4.27. The van der Waals surface area contributed by atoms with Crippen molar-refractivity contribution in [3.63, 3.8) is 0 Å². The summed E-state index contributed by atoms with van der Waals surface area (Å²) in [6, 6.07) is 8.51. The van der Waals surface area contributed by atoms with Crippen molar-refractivity contribution in [2.75, 3.05) is 7.05 Å². The number of nitrogens with one attached hydrogen (secondary N) is 1. The minimum atomic E-state index is -0.0414. The van der Waals surface area contributed by atoms with E-state index in [-0.39, 0.29) is 17.4 Å². The Hall–Kier alpha value is -2.10. The van der Waals surface area contributed by atoms with E-state index in [1.807, 2.05) is 14.0 Å². The van der Waals surface area contributed by atoms with Gasteiger partial charge in [0.15, 0.2) is 5.69 Å². The first-order valence-electron chi connectivity index (χ1n) is 7.23. The molecule has 1 aliphatic heterocycles. The van der Waals surface area contributed by atoms with Crippen LogP contribution in [0.15, 0.2) is 24.3 Å². The van der Waals surface area contributed by atoms with Crippen molar-refractivity contribution < 1.29 is 4.79 Å². The Balaban J connectivity index is 2.05. The van der Waals surface area contributed by atoms with E-state index in [1.165, 1.54) is 5.56 Å². The zero-order chi connectivity index (χ0) is 15.4. The number of aryl methyl sites for hydroxylation is 1. The van der Waals surface area contributed by atoms with Crippen LogP contribution in [0.1, 0.15) is 59.7 Å². The number of amides is 1. The maximum atomic E-state index is 12.3. The molecule has 0 aliphatic carbocycles. The molecule has 2 heterocycles. The van der Waals surface area contributed by atoms with Crippen LogP contribution in [-0.2, 0) is 5.41 Å². The molecule has 0 radical (unpaired) electrons. The average Bonchev–Trinajstić information content (AvgIpc) is 2.90. The van der Waals surface area contributed by atoms with Gasteiger partial charge in [-0.25, -0.2) is 0 Å². The Morgan fingerprint density at radius 2 is 1.81 bits per heavy atom. The van der Waals surface area contributed by atoms with E-state index in [1.54, 1.807) is 4.90 Å². The number of benzene rings is 1. The van der Waals surface area contributed by atoms with Crippen LogP contribution in [0.25, 0.3) is 0 Å². The molecular weight excluding hydrogens is 262 g/mol. The third kappa shape index (κ3) is 2.06. The number of carbonyl (C=O) groups is 1. The molecule has 2 aromatic rings. The molecule has 0 bridgehead atoms. The van der Waals surface area contributed by atoms with Gasteiger partial charge in [-0.3, -0.25) is 9.89 Å². The van der Waals surface area contributed by atoms with E-state index >= 15 is 0 Å². The Labute approximate surface area is 125 Å². The van der Waals surface area contributed by atoms with Gasteiger partial charge < -0.3 is 4.90 Å². The number of rotatable bonds is 1. The molecule has 1 atom stereocenters. The number of carbonyl (C=O) groups excluding carboxylic acids is 1. The summed E-state index contributed by atoms with van der Waals surface area (Å²) < 4.78 is 0. The standard InChI is InChI=1S/C17H21N3O/c1-10-13-14(19-18-10)16(21)20(5)15(13)11-6-8-12(9-7-11)17(2,3)4/h6-9,15H,1-5H3,(H,18,19). The van der Waals surface area contributed by atoms with Crippen LogP contribution in [0.3, 0.4) is 0 Å². The van der Waals surface area contributed by atoms with Crippen LogP contribution in [0.2, 0.25) is 0 Å². The molecule has 3 rings (SSSR count). The number of aromatic amines is 1. The monoisotopic (exact) mass is 283 g/mol. The first-order valence-corrected chi connectivity index (χ1v) is 7.23. The minimum Gasteiger partial charge on any atom is -0.329 e. The normalized spacial score (nSPS) is 18.2. The third-order valence-electron chi connectivity index (χ3n) is 4.27. The van der Waals surface area contributed by atoms with E-state index in [4.69, 9.17) is 0 Å². The van der Waals surface area contributed by atoms with Gasteiger partial charge in [-0.15, -0.1) is 0 Å². The lowest BCUT2D eigenvalue weighted by Gasteiger charge is -2.24. The first-order chi connectivity index (χ1) is 9.80. The lowest BCUT2D eigenvalue weighted by Crippen LogP contribution is -2.25. The Bertz CT molecular complexity index is 692. The molecule has 110 valence electrons. The molecule has 0 spiro atoms. The fraction of sp³-hybridized carbons (Fsp3) is 0.412. The van der Waals surface area contributed by atoms with Crippen LogP contribution in [-0.4, -0.2) is 28.1 Å². The Morgan fingerprint density at radius 3 is 2.38 bits per heavy atom. The van der Waals surface area contributed by atoms with Gasteiger partial charge in [0.25, 0.3) is 5.91 Å². The molecule has 1 aliphatic rings.